The molecule has 3 nitrogen and oxygen atoms in total. The fourth-order valence-electron chi connectivity index (χ4n) is 1.83. The van der Waals surface area contributed by atoms with Gasteiger partial charge >= 0.3 is 0 Å². The van der Waals surface area contributed by atoms with Gasteiger partial charge in [0.1, 0.15) is 11.3 Å². The summed E-state index contributed by atoms with van der Waals surface area (Å²) < 4.78 is 10.9. The molecule has 1 aromatic carbocycles. The average Bonchev–Trinajstić information content (AvgIpc) is 2.55. The Kier molecular flexibility index (Phi) is 2.39. The number of benzene rings is 1. The van der Waals surface area contributed by atoms with E-state index in [-0.39, 0.29) is 0 Å². The minimum atomic E-state index is 0.357. The Morgan fingerprint density at radius 2 is 2.07 bits per heavy atom. The number of aryl methyl sites for hydroxylation is 1. The maximum Gasteiger partial charge on any atom is 0.192 e. The highest BCUT2D eigenvalue weighted by Crippen LogP contribution is 2.33. The summed E-state index contributed by atoms with van der Waals surface area (Å²) in [6, 6.07) is 3.87. The van der Waals surface area contributed by atoms with Crippen molar-refractivity contribution in [3.8, 4) is 5.75 Å². The Morgan fingerprint density at radius 1 is 1.33 bits per heavy atom. The van der Waals surface area contributed by atoms with Gasteiger partial charge in [-0.2, -0.15) is 0 Å². The molecule has 80 valence electrons. The van der Waals surface area contributed by atoms with Crippen LogP contribution in [0.4, 0.5) is 0 Å². The van der Waals surface area contributed by atoms with Crippen molar-refractivity contribution in [1.82, 2.24) is 4.98 Å². The third kappa shape index (κ3) is 1.58. The molecule has 2 aromatic rings. The van der Waals surface area contributed by atoms with Crippen LogP contribution in [-0.4, -0.2) is 12.1 Å². The lowest BCUT2D eigenvalue weighted by molar-refractivity contribution is 0.406. The minimum absolute atomic E-state index is 0.357. The number of hydrogen-bond donors (Lipinski definition) is 0. The van der Waals surface area contributed by atoms with E-state index in [4.69, 9.17) is 9.15 Å². The summed E-state index contributed by atoms with van der Waals surface area (Å²) in [5.41, 5.74) is 2.84. The number of nitrogens with zero attached hydrogens (tertiary/aromatic N) is 1. The Labute approximate surface area is 89.1 Å². The summed E-state index contributed by atoms with van der Waals surface area (Å²) in [7, 11) is 1.68. The molecular formula is C12H15NO2. The monoisotopic (exact) mass is 205 g/mol. The summed E-state index contributed by atoms with van der Waals surface area (Å²) in [4.78, 5) is 4.31. The summed E-state index contributed by atoms with van der Waals surface area (Å²) in [5.74, 6) is 1.92. The van der Waals surface area contributed by atoms with Crippen LogP contribution in [0.25, 0.3) is 11.1 Å². The molecule has 0 aliphatic carbocycles. The van der Waals surface area contributed by atoms with Crippen molar-refractivity contribution in [2.24, 2.45) is 0 Å². The van der Waals surface area contributed by atoms with Gasteiger partial charge in [0.25, 0.3) is 0 Å². The summed E-state index contributed by atoms with van der Waals surface area (Å²) in [6.45, 7) is 6.10. The number of fused-ring (bicyclic) bond motifs is 1. The van der Waals surface area contributed by atoms with Crippen molar-refractivity contribution in [2.45, 2.75) is 26.7 Å². The second kappa shape index (κ2) is 3.57. The molecule has 3 heteroatoms. The predicted octanol–water partition coefficient (Wildman–Crippen LogP) is 3.27. The van der Waals surface area contributed by atoms with Gasteiger partial charge < -0.3 is 9.15 Å². The molecule has 0 aliphatic heterocycles. The second-order valence-electron chi connectivity index (χ2n) is 3.92. The van der Waals surface area contributed by atoms with Gasteiger partial charge in [0.15, 0.2) is 11.5 Å². The smallest absolute Gasteiger partial charge is 0.192 e. The zero-order valence-corrected chi connectivity index (χ0v) is 9.50. The minimum Gasteiger partial charge on any atom is -0.496 e. The SMILES string of the molecule is COc1ccc2nc(C)oc2c1C(C)C. The van der Waals surface area contributed by atoms with E-state index < -0.39 is 0 Å². The van der Waals surface area contributed by atoms with Gasteiger partial charge in [-0.05, 0) is 18.1 Å². The zero-order valence-electron chi connectivity index (χ0n) is 9.50. The topological polar surface area (TPSA) is 35.3 Å². The third-order valence-electron chi connectivity index (χ3n) is 2.46. The number of oxazole rings is 1. The molecule has 0 N–H and O–H groups in total. The maximum atomic E-state index is 5.61. The predicted molar refractivity (Wildman–Crippen MR) is 59.4 cm³/mol. The molecule has 0 saturated carbocycles. The number of methoxy groups -OCH3 is 1. The Balaban J connectivity index is 2.78. The molecule has 0 aliphatic rings. The van der Waals surface area contributed by atoms with Gasteiger partial charge in [0.05, 0.1) is 7.11 Å². The standard InChI is InChI=1S/C12H15NO2/c1-7(2)11-10(14-4)6-5-9-12(11)15-8(3)13-9/h5-7H,1-4H3. The van der Waals surface area contributed by atoms with Crippen molar-refractivity contribution < 1.29 is 9.15 Å². The quantitative estimate of drug-likeness (QED) is 0.754. The van der Waals surface area contributed by atoms with E-state index in [0.717, 1.165) is 22.4 Å². The molecule has 0 radical (unpaired) electrons. The molecule has 1 aromatic heterocycles. The van der Waals surface area contributed by atoms with E-state index in [2.05, 4.69) is 18.8 Å². The van der Waals surface area contributed by atoms with Gasteiger partial charge in [-0.15, -0.1) is 0 Å². The molecular weight excluding hydrogens is 190 g/mol. The highest BCUT2D eigenvalue weighted by molar-refractivity contribution is 5.79. The molecule has 0 spiro atoms. The second-order valence-corrected chi connectivity index (χ2v) is 3.92. The van der Waals surface area contributed by atoms with Crippen LogP contribution < -0.4 is 4.74 Å². The number of ether oxygens (including phenoxy) is 1. The largest absolute Gasteiger partial charge is 0.496 e. The van der Waals surface area contributed by atoms with Crippen LogP contribution in [0.2, 0.25) is 0 Å². The highest BCUT2D eigenvalue weighted by Gasteiger charge is 2.15. The van der Waals surface area contributed by atoms with Crippen molar-refractivity contribution in [3.05, 3.63) is 23.6 Å². The molecule has 1 heterocycles. The van der Waals surface area contributed by atoms with Crippen molar-refractivity contribution in [2.75, 3.05) is 7.11 Å². The fourth-order valence-corrected chi connectivity index (χ4v) is 1.83. The zero-order chi connectivity index (χ0) is 11.0. The van der Waals surface area contributed by atoms with Crippen LogP contribution in [0, 0.1) is 6.92 Å². The van der Waals surface area contributed by atoms with Gasteiger partial charge in [-0.3, -0.25) is 0 Å². The van der Waals surface area contributed by atoms with Gasteiger partial charge in [0.2, 0.25) is 0 Å². The highest BCUT2D eigenvalue weighted by atomic mass is 16.5. The van der Waals surface area contributed by atoms with E-state index in [1.807, 2.05) is 19.1 Å². The van der Waals surface area contributed by atoms with E-state index in [1.165, 1.54) is 0 Å². The van der Waals surface area contributed by atoms with Crippen LogP contribution in [0.5, 0.6) is 5.75 Å². The lowest BCUT2D eigenvalue weighted by atomic mass is 10.0. The number of aromatic nitrogens is 1. The Morgan fingerprint density at radius 3 is 2.67 bits per heavy atom. The van der Waals surface area contributed by atoms with Crippen LogP contribution in [0.3, 0.4) is 0 Å². The molecule has 0 saturated heterocycles. The lowest BCUT2D eigenvalue weighted by Crippen LogP contribution is -1.94. The fraction of sp³-hybridized carbons (Fsp3) is 0.417. The van der Waals surface area contributed by atoms with Crippen LogP contribution in [-0.2, 0) is 0 Å². The van der Waals surface area contributed by atoms with E-state index >= 15 is 0 Å². The van der Waals surface area contributed by atoms with Crippen LogP contribution in [0.1, 0.15) is 31.2 Å². The molecule has 15 heavy (non-hydrogen) atoms. The van der Waals surface area contributed by atoms with Crippen LogP contribution in [0.15, 0.2) is 16.5 Å². The first-order chi connectivity index (χ1) is 7.13. The first-order valence-electron chi connectivity index (χ1n) is 5.07. The third-order valence-corrected chi connectivity index (χ3v) is 2.46. The maximum absolute atomic E-state index is 5.61. The Hall–Kier alpha value is -1.51. The molecule has 0 amide bonds. The normalized spacial score (nSPS) is 11.3. The summed E-state index contributed by atoms with van der Waals surface area (Å²) in [6.07, 6.45) is 0. The lowest BCUT2D eigenvalue weighted by Gasteiger charge is -2.10. The summed E-state index contributed by atoms with van der Waals surface area (Å²) >= 11 is 0. The average molecular weight is 205 g/mol. The van der Waals surface area contributed by atoms with Gasteiger partial charge in [-0.1, -0.05) is 13.8 Å². The first-order valence-corrected chi connectivity index (χ1v) is 5.07. The van der Waals surface area contributed by atoms with Crippen molar-refractivity contribution in [1.29, 1.82) is 0 Å². The first kappa shape index (κ1) is 10.0. The van der Waals surface area contributed by atoms with E-state index in [0.29, 0.717) is 11.8 Å². The van der Waals surface area contributed by atoms with E-state index in [1.54, 1.807) is 7.11 Å². The Bertz CT molecular complexity index is 486. The molecule has 0 fully saturated rings. The molecule has 0 unspecified atom stereocenters. The number of hydrogen-bond acceptors (Lipinski definition) is 3. The molecule has 2 rings (SSSR count). The van der Waals surface area contributed by atoms with Gasteiger partial charge in [-0.25, -0.2) is 4.98 Å². The number of rotatable bonds is 2. The van der Waals surface area contributed by atoms with Crippen molar-refractivity contribution >= 4 is 11.1 Å². The summed E-state index contributed by atoms with van der Waals surface area (Å²) in [5, 5.41) is 0. The van der Waals surface area contributed by atoms with Gasteiger partial charge in [0, 0.05) is 12.5 Å². The molecule has 0 bridgehead atoms. The van der Waals surface area contributed by atoms with E-state index in [9.17, 15) is 0 Å². The van der Waals surface area contributed by atoms with Crippen LogP contribution >= 0.6 is 0 Å². The molecule has 0 atom stereocenters. The van der Waals surface area contributed by atoms with Crippen molar-refractivity contribution in [3.63, 3.8) is 0 Å².